The predicted octanol–water partition coefficient (Wildman–Crippen LogP) is 8.23. The van der Waals surface area contributed by atoms with E-state index in [9.17, 15) is 0 Å². The van der Waals surface area contributed by atoms with Crippen LogP contribution >= 0.6 is 12.6 Å². The quantitative estimate of drug-likeness (QED) is 0.193. The topological polar surface area (TPSA) is 0 Å². The zero-order valence-electron chi connectivity index (χ0n) is 17.5. The van der Waals surface area contributed by atoms with Gasteiger partial charge in [0.15, 0.2) is 0 Å². The Morgan fingerprint density at radius 3 is 2.45 bits per heavy atom. The van der Waals surface area contributed by atoms with Gasteiger partial charge in [0.25, 0.3) is 0 Å². The molecule has 0 nitrogen and oxygen atoms in total. The Morgan fingerprint density at radius 2 is 1.61 bits per heavy atom. The minimum absolute atomic E-state index is 0.419. The highest BCUT2D eigenvalue weighted by molar-refractivity contribution is 7.80. The number of benzene rings is 4. The molecule has 0 amide bonds. The molecule has 1 aliphatic rings. The molecular formula is C30H24S. The first kappa shape index (κ1) is 19.7. The van der Waals surface area contributed by atoms with Crippen molar-refractivity contribution in [2.75, 3.05) is 0 Å². The molecule has 0 aromatic heterocycles. The minimum atomic E-state index is 0.419. The third-order valence-corrected chi connectivity index (χ3v) is 6.43. The first-order chi connectivity index (χ1) is 15.2. The van der Waals surface area contributed by atoms with Crippen LogP contribution in [0.2, 0.25) is 0 Å². The van der Waals surface area contributed by atoms with Crippen molar-refractivity contribution < 1.29 is 0 Å². The van der Waals surface area contributed by atoms with Crippen LogP contribution in [0.1, 0.15) is 35.1 Å². The molecule has 0 aliphatic heterocycles. The van der Waals surface area contributed by atoms with E-state index in [-0.39, 0.29) is 0 Å². The Hall–Kier alpha value is -3.25. The van der Waals surface area contributed by atoms with Gasteiger partial charge in [-0.3, -0.25) is 0 Å². The molecule has 0 saturated carbocycles. The largest absolute Gasteiger partial charge is 0.143 e. The van der Waals surface area contributed by atoms with E-state index in [1.165, 1.54) is 44.2 Å². The first-order valence-corrected chi connectivity index (χ1v) is 11.2. The fourth-order valence-electron chi connectivity index (χ4n) is 4.56. The van der Waals surface area contributed by atoms with Crippen molar-refractivity contribution in [1.29, 1.82) is 0 Å². The summed E-state index contributed by atoms with van der Waals surface area (Å²) in [5, 5.41) is 2.63. The van der Waals surface area contributed by atoms with Crippen LogP contribution in [-0.4, -0.2) is 0 Å². The smallest absolute Gasteiger partial charge is 0.00737 e. The number of thiol groups is 1. The SMILES string of the molecule is CC1c2ccccc2-c2c1cc(/C=C\C=C=CCc1ccc(S)cc1)c1ccccc21. The van der Waals surface area contributed by atoms with Gasteiger partial charge in [0.1, 0.15) is 0 Å². The summed E-state index contributed by atoms with van der Waals surface area (Å²) in [6.45, 7) is 2.32. The summed E-state index contributed by atoms with van der Waals surface area (Å²) in [4.78, 5) is 0.991. The highest BCUT2D eigenvalue weighted by Gasteiger charge is 2.27. The zero-order chi connectivity index (χ0) is 21.2. The molecule has 31 heavy (non-hydrogen) atoms. The molecule has 4 aromatic carbocycles. The monoisotopic (exact) mass is 416 g/mol. The maximum Gasteiger partial charge on any atom is 0.00737 e. The van der Waals surface area contributed by atoms with Crippen LogP contribution in [0.25, 0.3) is 28.0 Å². The number of fused-ring (bicyclic) bond motifs is 5. The Morgan fingerprint density at radius 1 is 0.871 bits per heavy atom. The van der Waals surface area contributed by atoms with Crippen molar-refractivity contribution in [3.05, 3.63) is 125 Å². The second kappa shape index (κ2) is 8.47. The van der Waals surface area contributed by atoms with Crippen molar-refractivity contribution in [2.24, 2.45) is 0 Å². The highest BCUT2D eigenvalue weighted by atomic mass is 32.1. The molecule has 1 heteroatoms. The minimum Gasteiger partial charge on any atom is -0.143 e. The second-order valence-corrected chi connectivity index (χ2v) is 8.57. The summed E-state index contributed by atoms with van der Waals surface area (Å²) in [5.74, 6) is 0.419. The van der Waals surface area contributed by atoms with Crippen LogP contribution < -0.4 is 0 Å². The number of rotatable bonds is 4. The number of allylic oxidation sites excluding steroid dienone is 2. The molecule has 0 saturated heterocycles. The lowest BCUT2D eigenvalue weighted by molar-refractivity contribution is 0.957. The molecule has 0 radical (unpaired) electrons. The Bertz CT molecular complexity index is 1350. The lowest BCUT2D eigenvalue weighted by Crippen LogP contribution is -1.91. The van der Waals surface area contributed by atoms with E-state index < -0.39 is 0 Å². The molecular weight excluding hydrogens is 392 g/mol. The third-order valence-electron chi connectivity index (χ3n) is 6.13. The molecule has 1 unspecified atom stereocenters. The lowest BCUT2D eigenvalue weighted by atomic mass is 9.92. The van der Waals surface area contributed by atoms with Gasteiger partial charge in [-0.1, -0.05) is 79.7 Å². The van der Waals surface area contributed by atoms with Gasteiger partial charge in [-0.05, 0) is 80.9 Å². The highest BCUT2D eigenvalue weighted by Crippen LogP contribution is 2.48. The van der Waals surface area contributed by atoms with E-state index in [1.807, 2.05) is 18.2 Å². The summed E-state index contributed by atoms with van der Waals surface area (Å²) < 4.78 is 0. The van der Waals surface area contributed by atoms with Crippen LogP contribution in [0.5, 0.6) is 0 Å². The van der Waals surface area contributed by atoms with Gasteiger partial charge in [0, 0.05) is 10.8 Å². The molecule has 5 rings (SSSR count). The van der Waals surface area contributed by atoms with Gasteiger partial charge >= 0.3 is 0 Å². The molecule has 0 N–H and O–H groups in total. The average molecular weight is 417 g/mol. The van der Waals surface area contributed by atoms with E-state index in [4.69, 9.17) is 0 Å². The van der Waals surface area contributed by atoms with E-state index >= 15 is 0 Å². The Labute approximate surface area is 189 Å². The first-order valence-electron chi connectivity index (χ1n) is 10.7. The van der Waals surface area contributed by atoms with E-state index in [2.05, 4.69) is 110 Å². The summed E-state index contributed by atoms with van der Waals surface area (Å²) in [6, 6.07) is 28.2. The summed E-state index contributed by atoms with van der Waals surface area (Å²) >= 11 is 4.33. The molecule has 0 bridgehead atoms. The Balaban J connectivity index is 1.46. The van der Waals surface area contributed by atoms with Gasteiger partial charge in [-0.25, -0.2) is 0 Å². The molecule has 0 fully saturated rings. The van der Waals surface area contributed by atoms with Crippen LogP contribution in [-0.2, 0) is 6.42 Å². The van der Waals surface area contributed by atoms with Crippen molar-refractivity contribution in [3.8, 4) is 11.1 Å². The van der Waals surface area contributed by atoms with Gasteiger partial charge in [0.05, 0.1) is 0 Å². The van der Waals surface area contributed by atoms with Crippen LogP contribution in [0.15, 0.2) is 108 Å². The van der Waals surface area contributed by atoms with E-state index in [0.29, 0.717) is 5.92 Å². The normalized spacial score (nSPS) is 14.3. The summed E-state index contributed by atoms with van der Waals surface area (Å²) in [7, 11) is 0. The van der Waals surface area contributed by atoms with Gasteiger partial charge in [0.2, 0.25) is 0 Å². The third kappa shape index (κ3) is 3.79. The van der Waals surface area contributed by atoms with E-state index in [0.717, 1.165) is 11.3 Å². The summed E-state index contributed by atoms with van der Waals surface area (Å²) in [6.07, 6.45) is 9.23. The fourth-order valence-corrected chi connectivity index (χ4v) is 4.71. The van der Waals surface area contributed by atoms with Crippen molar-refractivity contribution in [2.45, 2.75) is 24.2 Å². The van der Waals surface area contributed by atoms with Crippen molar-refractivity contribution >= 4 is 29.5 Å². The van der Waals surface area contributed by atoms with E-state index in [1.54, 1.807) is 0 Å². The van der Waals surface area contributed by atoms with Crippen LogP contribution in [0.4, 0.5) is 0 Å². The zero-order valence-corrected chi connectivity index (χ0v) is 18.4. The standard InChI is InChI=1S/C30H24S/c1-21-25-12-6-8-14-27(25)30-28-15-9-7-13-26(28)23(20-29(21)30)11-5-3-2-4-10-22-16-18-24(31)19-17-22/h3-9,11-21,31H,10H2,1H3/b11-5-. The average Bonchev–Trinajstić information content (AvgIpc) is 3.09. The molecule has 1 atom stereocenters. The molecule has 4 aromatic rings. The van der Waals surface area contributed by atoms with Crippen LogP contribution in [0.3, 0.4) is 0 Å². The number of hydrogen-bond donors (Lipinski definition) is 1. The molecule has 0 heterocycles. The second-order valence-electron chi connectivity index (χ2n) is 8.05. The number of hydrogen-bond acceptors (Lipinski definition) is 1. The molecule has 0 spiro atoms. The van der Waals surface area contributed by atoms with Gasteiger partial charge in [-0.2, -0.15) is 0 Å². The maximum absolute atomic E-state index is 4.33. The van der Waals surface area contributed by atoms with Gasteiger partial charge in [-0.15, -0.1) is 18.4 Å². The van der Waals surface area contributed by atoms with Crippen molar-refractivity contribution in [1.82, 2.24) is 0 Å². The van der Waals surface area contributed by atoms with Gasteiger partial charge < -0.3 is 0 Å². The summed E-state index contributed by atoms with van der Waals surface area (Å²) in [5.41, 5.74) is 11.4. The Kier molecular flexibility index (Phi) is 5.38. The fraction of sp³-hybridized carbons (Fsp3) is 0.100. The molecule has 150 valence electrons. The van der Waals surface area contributed by atoms with Crippen molar-refractivity contribution in [3.63, 3.8) is 0 Å². The maximum atomic E-state index is 4.33. The molecule has 1 aliphatic carbocycles. The predicted molar refractivity (Wildman–Crippen MR) is 136 cm³/mol. The lowest BCUT2D eigenvalue weighted by Gasteiger charge is -2.12. The van der Waals surface area contributed by atoms with Crippen LogP contribution in [0, 0.1) is 0 Å².